The smallest absolute Gasteiger partial charge is 0.191 e. The summed E-state index contributed by atoms with van der Waals surface area (Å²) in [6, 6.07) is 12.3. The van der Waals surface area contributed by atoms with Crippen LogP contribution in [0.5, 0.6) is 5.75 Å². The normalized spacial score (nSPS) is 16.3. The van der Waals surface area contributed by atoms with Crippen molar-refractivity contribution in [2.45, 2.75) is 38.6 Å². The lowest BCUT2D eigenvalue weighted by Gasteiger charge is -2.28. The lowest BCUT2D eigenvalue weighted by molar-refractivity contribution is 0.144. The Kier molecular flexibility index (Phi) is 8.25. The number of benzene rings is 1. The van der Waals surface area contributed by atoms with E-state index in [2.05, 4.69) is 22.8 Å². The molecule has 3 rings (SSSR count). The van der Waals surface area contributed by atoms with Gasteiger partial charge in [-0.25, -0.2) is 0 Å². The van der Waals surface area contributed by atoms with Crippen LogP contribution in [0.2, 0.25) is 0 Å². The van der Waals surface area contributed by atoms with Gasteiger partial charge in [0.25, 0.3) is 0 Å². The number of para-hydroxylation sites is 1. The average molecular weight is 386 g/mol. The Balaban J connectivity index is 1.57. The van der Waals surface area contributed by atoms with E-state index in [1.54, 1.807) is 6.26 Å². The fourth-order valence-corrected chi connectivity index (χ4v) is 3.22. The molecule has 0 saturated heterocycles. The van der Waals surface area contributed by atoms with Gasteiger partial charge in [0, 0.05) is 44.7 Å². The Morgan fingerprint density at radius 2 is 2.14 bits per heavy atom. The monoisotopic (exact) mass is 385 g/mol. The minimum atomic E-state index is 0.197. The molecule has 1 atom stereocenters. The largest absolute Gasteiger partial charge is 0.493 e. The molecule has 1 aromatic carbocycles. The predicted octanol–water partition coefficient (Wildman–Crippen LogP) is 3.70. The van der Waals surface area contributed by atoms with Crippen LogP contribution < -0.4 is 15.4 Å². The van der Waals surface area contributed by atoms with E-state index in [4.69, 9.17) is 18.9 Å². The van der Waals surface area contributed by atoms with E-state index < -0.39 is 0 Å². The molecular formula is C22H31N3O3. The Bertz CT molecular complexity index is 716. The molecule has 6 heteroatoms. The van der Waals surface area contributed by atoms with Gasteiger partial charge in [-0.1, -0.05) is 18.2 Å². The van der Waals surface area contributed by atoms with Crippen LogP contribution in [0, 0.1) is 0 Å². The zero-order valence-electron chi connectivity index (χ0n) is 16.7. The molecule has 1 unspecified atom stereocenters. The highest BCUT2D eigenvalue weighted by Crippen LogP contribution is 2.31. The molecule has 2 heterocycles. The number of furan rings is 1. The maximum atomic E-state index is 5.77. The molecule has 0 amide bonds. The number of hydrogen-bond donors (Lipinski definition) is 2. The summed E-state index contributed by atoms with van der Waals surface area (Å²) in [7, 11) is 0. The second-order valence-electron chi connectivity index (χ2n) is 6.76. The van der Waals surface area contributed by atoms with Gasteiger partial charge < -0.3 is 24.5 Å². The molecule has 2 N–H and O–H groups in total. The Morgan fingerprint density at radius 1 is 1.21 bits per heavy atom. The van der Waals surface area contributed by atoms with E-state index in [0.717, 1.165) is 69.5 Å². The van der Waals surface area contributed by atoms with Crippen LogP contribution in [0.25, 0.3) is 0 Å². The molecule has 0 spiro atoms. The minimum Gasteiger partial charge on any atom is -0.493 e. The van der Waals surface area contributed by atoms with Crippen molar-refractivity contribution in [1.82, 2.24) is 10.6 Å². The Hall–Kier alpha value is -2.47. The summed E-state index contributed by atoms with van der Waals surface area (Å²) in [6.07, 6.45) is 5.48. The van der Waals surface area contributed by atoms with Crippen LogP contribution in [0.4, 0.5) is 0 Å². The van der Waals surface area contributed by atoms with E-state index in [0.29, 0.717) is 6.61 Å². The lowest BCUT2D eigenvalue weighted by Crippen LogP contribution is -2.42. The topological polar surface area (TPSA) is 68.0 Å². The molecular weight excluding hydrogens is 354 g/mol. The molecule has 6 nitrogen and oxygen atoms in total. The first-order valence-electron chi connectivity index (χ1n) is 10.2. The predicted molar refractivity (Wildman–Crippen MR) is 111 cm³/mol. The maximum Gasteiger partial charge on any atom is 0.191 e. The first kappa shape index (κ1) is 20.3. The highest BCUT2D eigenvalue weighted by Gasteiger charge is 2.21. The molecule has 2 aromatic rings. The second kappa shape index (κ2) is 11.4. The number of aliphatic imine (C=N–C) groups is 1. The summed E-state index contributed by atoms with van der Waals surface area (Å²) in [4.78, 5) is 4.77. The summed E-state index contributed by atoms with van der Waals surface area (Å²) >= 11 is 0. The van der Waals surface area contributed by atoms with Gasteiger partial charge in [0.2, 0.25) is 0 Å². The number of rotatable bonds is 10. The van der Waals surface area contributed by atoms with E-state index in [1.807, 2.05) is 31.2 Å². The summed E-state index contributed by atoms with van der Waals surface area (Å²) in [5, 5.41) is 7.04. The first-order valence-corrected chi connectivity index (χ1v) is 10.2. The van der Waals surface area contributed by atoms with Crippen LogP contribution in [-0.2, 0) is 11.2 Å². The van der Waals surface area contributed by atoms with E-state index in [9.17, 15) is 0 Å². The summed E-state index contributed by atoms with van der Waals surface area (Å²) < 4.78 is 16.6. The highest BCUT2D eigenvalue weighted by atomic mass is 16.5. The van der Waals surface area contributed by atoms with E-state index in [-0.39, 0.29) is 6.04 Å². The zero-order valence-corrected chi connectivity index (χ0v) is 16.7. The van der Waals surface area contributed by atoms with Crippen LogP contribution in [-0.4, -0.2) is 38.9 Å². The van der Waals surface area contributed by atoms with Gasteiger partial charge in [-0.3, -0.25) is 4.99 Å². The Morgan fingerprint density at radius 3 is 3.00 bits per heavy atom. The van der Waals surface area contributed by atoms with Crippen LogP contribution in [0.1, 0.15) is 43.6 Å². The van der Waals surface area contributed by atoms with Gasteiger partial charge >= 0.3 is 0 Å². The lowest BCUT2D eigenvalue weighted by atomic mass is 10.0. The van der Waals surface area contributed by atoms with Gasteiger partial charge in [-0.05, 0) is 38.0 Å². The standard InChI is InChI=1S/C22H31N3O3/c1-2-26-15-6-5-13-23-22(24-14-11-18-8-7-16-27-18)25-20-12-17-28-21-10-4-3-9-19(20)21/h3-4,7-10,16,20H,2,5-6,11-15,17H2,1H3,(H2,23,24,25). The van der Waals surface area contributed by atoms with Crippen LogP contribution in [0.3, 0.4) is 0 Å². The average Bonchev–Trinajstić information content (AvgIpc) is 3.24. The van der Waals surface area contributed by atoms with Crippen molar-refractivity contribution in [3.63, 3.8) is 0 Å². The quantitative estimate of drug-likeness (QED) is 0.371. The van der Waals surface area contributed by atoms with Crippen molar-refractivity contribution in [2.24, 2.45) is 4.99 Å². The van der Waals surface area contributed by atoms with Crippen molar-refractivity contribution >= 4 is 5.96 Å². The van der Waals surface area contributed by atoms with Crippen LogP contribution >= 0.6 is 0 Å². The van der Waals surface area contributed by atoms with Crippen molar-refractivity contribution in [2.75, 3.05) is 32.9 Å². The molecule has 1 aliphatic rings. The van der Waals surface area contributed by atoms with Gasteiger partial charge in [-0.2, -0.15) is 0 Å². The molecule has 28 heavy (non-hydrogen) atoms. The zero-order chi connectivity index (χ0) is 19.4. The number of ether oxygens (including phenoxy) is 2. The number of nitrogens with zero attached hydrogens (tertiary/aromatic N) is 1. The SMILES string of the molecule is CCOCCCCN=C(NCCc1ccco1)NC1CCOc2ccccc21. The molecule has 0 radical (unpaired) electrons. The Labute approximate surface area is 167 Å². The van der Waals surface area contributed by atoms with Crippen molar-refractivity contribution in [3.05, 3.63) is 54.0 Å². The molecule has 0 aliphatic carbocycles. The number of hydrogen-bond acceptors (Lipinski definition) is 4. The summed E-state index contributed by atoms with van der Waals surface area (Å²) in [6.45, 7) is 5.84. The number of unbranched alkanes of at least 4 members (excludes halogenated alkanes) is 1. The first-order chi connectivity index (χ1) is 13.9. The molecule has 1 aliphatic heterocycles. The van der Waals surface area contributed by atoms with Crippen molar-refractivity contribution in [3.8, 4) is 5.75 Å². The van der Waals surface area contributed by atoms with Crippen molar-refractivity contribution < 1.29 is 13.9 Å². The third-order valence-corrected chi connectivity index (χ3v) is 4.68. The summed E-state index contributed by atoms with van der Waals surface area (Å²) in [5.74, 6) is 2.77. The maximum absolute atomic E-state index is 5.77. The van der Waals surface area contributed by atoms with E-state index in [1.165, 1.54) is 5.56 Å². The number of guanidine groups is 1. The third kappa shape index (κ3) is 6.30. The third-order valence-electron chi connectivity index (χ3n) is 4.68. The minimum absolute atomic E-state index is 0.197. The van der Waals surface area contributed by atoms with Crippen LogP contribution in [0.15, 0.2) is 52.1 Å². The molecule has 152 valence electrons. The molecule has 0 saturated carbocycles. The van der Waals surface area contributed by atoms with Crippen molar-refractivity contribution in [1.29, 1.82) is 0 Å². The highest BCUT2D eigenvalue weighted by molar-refractivity contribution is 5.80. The number of nitrogens with one attached hydrogen (secondary N) is 2. The van der Waals surface area contributed by atoms with Gasteiger partial charge in [0.05, 0.1) is 18.9 Å². The van der Waals surface area contributed by atoms with Gasteiger partial charge in [0.15, 0.2) is 5.96 Å². The van der Waals surface area contributed by atoms with E-state index >= 15 is 0 Å². The molecule has 1 aromatic heterocycles. The fraction of sp³-hybridized carbons (Fsp3) is 0.500. The second-order valence-corrected chi connectivity index (χ2v) is 6.76. The van der Waals surface area contributed by atoms with Gasteiger partial charge in [-0.15, -0.1) is 0 Å². The van der Waals surface area contributed by atoms with Gasteiger partial charge in [0.1, 0.15) is 11.5 Å². The number of fused-ring (bicyclic) bond motifs is 1. The molecule has 0 fully saturated rings. The fourth-order valence-electron chi connectivity index (χ4n) is 3.22. The molecule has 0 bridgehead atoms. The summed E-state index contributed by atoms with van der Waals surface area (Å²) in [5.41, 5.74) is 1.19.